The smallest absolute Gasteiger partial charge is 0.310 e. The Hall–Kier alpha value is -4.02. The third kappa shape index (κ3) is 4.25. The second-order valence-corrected chi connectivity index (χ2v) is 9.76. The van der Waals surface area contributed by atoms with E-state index in [0.29, 0.717) is 34.0 Å². The average molecular weight is 485 g/mol. The first-order chi connectivity index (χ1) is 17.2. The van der Waals surface area contributed by atoms with Crippen molar-refractivity contribution < 1.29 is 23.8 Å². The molecule has 0 atom stereocenters. The lowest BCUT2D eigenvalue weighted by atomic mass is 9.85. The summed E-state index contributed by atoms with van der Waals surface area (Å²) in [5, 5.41) is 21.7. The number of nitrogens with zero attached hydrogens (tertiary/aromatic N) is 2. The molecule has 1 aliphatic rings. The van der Waals surface area contributed by atoms with Crippen molar-refractivity contribution in [1.82, 2.24) is 4.98 Å². The molecule has 0 aliphatic carbocycles. The van der Waals surface area contributed by atoms with Crippen LogP contribution in [0.5, 0.6) is 5.75 Å². The summed E-state index contributed by atoms with van der Waals surface area (Å²) in [4.78, 5) is 17.5. The first kappa shape index (κ1) is 23.7. The predicted octanol–water partition coefficient (Wildman–Crippen LogP) is 5.17. The fourth-order valence-corrected chi connectivity index (χ4v) is 4.83. The number of rotatable bonds is 5. The molecule has 7 heteroatoms. The summed E-state index contributed by atoms with van der Waals surface area (Å²) in [6, 6.07) is 12.2. The highest BCUT2D eigenvalue weighted by molar-refractivity contribution is 6.09. The van der Waals surface area contributed by atoms with Crippen molar-refractivity contribution in [2.75, 3.05) is 13.2 Å². The number of ether oxygens (including phenoxy) is 2. The van der Waals surface area contributed by atoms with E-state index in [1.807, 2.05) is 25.1 Å². The molecule has 0 saturated heterocycles. The van der Waals surface area contributed by atoms with Gasteiger partial charge >= 0.3 is 5.97 Å². The molecule has 0 saturated carbocycles. The molecule has 0 fully saturated rings. The van der Waals surface area contributed by atoms with Gasteiger partial charge in [-0.2, -0.15) is 5.26 Å². The van der Waals surface area contributed by atoms with E-state index >= 15 is 0 Å². The Balaban J connectivity index is 1.80. The molecule has 0 bridgehead atoms. The van der Waals surface area contributed by atoms with E-state index in [9.17, 15) is 19.6 Å². The second kappa shape index (κ2) is 8.89. The third-order valence-corrected chi connectivity index (χ3v) is 6.42. The van der Waals surface area contributed by atoms with Gasteiger partial charge in [0.05, 0.1) is 35.8 Å². The molecule has 5 rings (SSSR count). The Morgan fingerprint density at radius 1 is 1.25 bits per heavy atom. The SMILES string of the molecule is Cc1cc2c(C#N)cc(F)cc2c(-c2ccc3c4c(ccnc24)CCO3)c1CC(=O)OCC(C)(C)O. The van der Waals surface area contributed by atoms with Gasteiger partial charge in [-0.05, 0) is 84.8 Å². The van der Waals surface area contributed by atoms with Crippen molar-refractivity contribution in [3.63, 3.8) is 0 Å². The van der Waals surface area contributed by atoms with Crippen LogP contribution in [0.3, 0.4) is 0 Å². The minimum atomic E-state index is -1.16. The molecule has 36 heavy (non-hydrogen) atoms. The van der Waals surface area contributed by atoms with Crippen molar-refractivity contribution in [2.24, 2.45) is 0 Å². The second-order valence-electron chi connectivity index (χ2n) is 9.76. The fraction of sp³-hybridized carbons (Fsp3) is 0.276. The Kier molecular flexibility index (Phi) is 5.85. The maximum absolute atomic E-state index is 14.7. The normalized spacial score (nSPS) is 12.9. The van der Waals surface area contributed by atoms with Gasteiger partial charge in [-0.1, -0.05) is 0 Å². The number of hydrogen-bond acceptors (Lipinski definition) is 6. The Labute approximate surface area is 207 Å². The van der Waals surface area contributed by atoms with Crippen LogP contribution in [0, 0.1) is 24.1 Å². The largest absolute Gasteiger partial charge is 0.493 e. The molecule has 0 spiro atoms. The van der Waals surface area contributed by atoms with E-state index < -0.39 is 17.4 Å². The van der Waals surface area contributed by atoms with Crippen LogP contribution in [0.25, 0.3) is 32.8 Å². The fourth-order valence-electron chi connectivity index (χ4n) is 4.83. The van der Waals surface area contributed by atoms with Gasteiger partial charge in [-0.3, -0.25) is 9.78 Å². The lowest BCUT2D eigenvalue weighted by Gasteiger charge is -2.22. The quantitative estimate of drug-likeness (QED) is 0.393. The van der Waals surface area contributed by atoms with E-state index in [0.717, 1.165) is 34.2 Å². The molecule has 0 amide bonds. The van der Waals surface area contributed by atoms with E-state index in [1.165, 1.54) is 12.1 Å². The molecule has 3 aromatic carbocycles. The minimum Gasteiger partial charge on any atom is -0.493 e. The number of nitriles is 1. The van der Waals surface area contributed by atoms with Crippen molar-refractivity contribution >= 4 is 27.6 Å². The van der Waals surface area contributed by atoms with Crippen LogP contribution in [-0.2, 0) is 22.4 Å². The van der Waals surface area contributed by atoms with E-state index in [2.05, 4.69) is 11.1 Å². The highest BCUT2D eigenvalue weighted by atomic mass is 19.1. The zero-order chi connectivity index (χ0) is 25.6. The molecule has 1 N–H and O–H groups in total. The standard InChI is InChI=1S/C29H25FN2O4/c1-16-10-22-18(14-31)11-19(30)12-23(22)27(21(16)13-25(33)36-15-29(2,3)34)20-4-5-24-26-17(7-9-35-24)6-8-32-28(20)26/h4-6,8,10-12,34H,7,9,13,15H2,1-3H3. The summed E-state index contributed by atoms with van der Waals surface area (Å²) < 4.78 is 25.9. The number of esters is 1. The maximum atomic E-state index is 14.7. The zero-order valence-corrected chi connectivity index (χ0v) is 20.3. The van der Waals surface area contributed by atoms with Gasteiger partial charge in [0.15, 0.2) is 0 Å². The van der Waals surface area contributed by atoms with Gasteiger partial charge in [0.1, 0.15) is 18.2 Å². The molecule has 182 valence electrons. The first-order valence-corrected chi connectivity index (χ1v) is 11.7. The van der Waals surface area contributed by atoms with Crippen LogP contribution in [-0.4, -0.2) is 34.9 Å². The van der Waals surface area contributed by atoms with Crippen molar-refractivity contribution in [1.29, 1.82) is 5.26 Å². The van der Waals surface area contributed by atoms with Crippen LogP contribution < -0.4 is 4.74 Å². The van der Waals surface area contributed by atoms with Crippen LogP contribution in [0.1, 0.15) is 36.1 Å². The number of aliphatic hydroxyl groups is 1. The van der Waals surface area contributed by atoms with Gasteiger partial charge in [0, 0.05) is 29.0 Å². The summed E-state index contributed by atoms with van der Waals surface area (Å²) in [6.07, 6.45) is 2.39. The first-order valence-electron chi connectivity index (χ1n) is 11.7. The maximum Gasteiger partial charge on any atom is 0.310 e. The highest BCUT2D eigenvalue weighted by Crippen LogP contribution is 2.43. The van der Waals surface area contributed by atoms with Gasteiger partial charge in [-0.15, -0.1) is 0 Å². The summed E-state index contributed by atoms with van der Waals surface area (Å²) in [5.41, 5.74) is 3.60. The molecule has 2 heterocycles. The van der Waals surface area contributed by atoms with Crippen molar-refractivity contribution in [3.05, 3.63) is 70.7 Å². The lowest BCUT2D eigenvalue weighted by molar-refractivity contribution is -0.149. The molecule has 0 radical (unpaired) electrons. The van der Waals surface area contributed by atoms with Gasteiger partial charge in [0.25, 0.3) is 0 Å². The number of halogens is 1. The number of aromatic nitrogens is 1. The van der Waals surface area contributed by atoms with Gasteiger partial charge in [0.2, 0.25) is 0 Å². The number of benzene rings is 3. The number of hydrogen-bond donors (Lipinski definition) is 1. The predicted molar refractivity (Wildman–Crippen MR) is 134 cm³/mol. The molecular formula is C29H25FN2O4. The molecular weight excluding hydrogens is 459 g/mol. The highest BCUT2D eigenvalue weighted by Gasteiger charge is 2.24. The number of carbonyl (C=O) groups excluding carboxylic acids is 1. The minimum absolute atomic E-state index is 0.0922. The lowest BCUT2D eigenvalue weighted by Crippen LogP contribution is -2.28. The van der Waals surface area contributed by atoms with E-state index in [4.69, 9.17) is 9.47 Å². The van der Waals surface area contributed by atoms with Crippen LogP contribution in [0.2, 0.25) is 0 Å². The van der Waals surface area contributed by atoms with E-state index in [1.54, 1.807) is 26.1 Å². The van der Waals surface area contributed by atoms with Crippen molar-refractivity contribution in [3.8, 4) is 22.9 Å². The Bertz CT molecular complexity index is 1570. The topological polar surface area (TPSA) is 92.4 Å². The summed E-state index contributed by atoms with van der Waals surface area (Å²) >= 11 is 0. The van der Waals surface area contributed by atoms with Gasteiger partial charge < -0.3 is 14.6 Å². The zero-order valence-electron chi connectivity index (χ0n) is 20.3. The molecule has 6 nitrogen and oxygen atoms in total. The summed E-state index contributed by atoms with van der Waals surface area (Å²) in [6.45, 7) is 5.40. The Morgan fingerprint density at radius 3 is 2.81 bits per heavy atom. The third-order valence-electron chi connectivity index (χ3n) is 6.42. The molecule has 1 aliphatic heterocycles. The number of fused-ring (bicyclic) bond motifs is 1. The molecule has 0 unspecified atom stereocenters. The number of pyridine rings is 1. The summed E-state index contributed by atoms with van der Waals surface area (Å²) in [5.74, 6) is -0.328. The molecule has 4 aromatic rings. The average Bonchev–Trinajstić information content (AvgIpc) is 2.84. The molecule has 1 aromatic heterocycles. The Morgan fingerprint density at radius 2 is 2.06 bits per heavy atom. The van der Waals surface area contributed by atoms with Crippen LogP contribution in [0.15, 0.2) is 42.6 Å². The van der Waals surface area contributed by atoms with Gasteiger partial charge in [-0.25, -0.2) is 4.39 Å². The summed E-state index contributed by atoms with van der Waals surface area (Å²) in [7, 11) is 0. The van der Waals surface area contributed by atoms with Crippen molar-refractivity contribution in [2.45, 2.75) is 39.2 Å². The van der Waals surface area contributed by atoms with Crippen LogP contribution in [0.4, 0.5) is 4.39 Å². The number of carbonyl (C=O) groups is 1. The number of aryl methyl sites for hydroxylation is 1. The van der Waals surface area contributed by atoms with Crippen LogP contribution >= 0.6 is 0 Å². The monoisotopic (exact) mass is 484 g/mol. The van der Waals surface area contributed by atoms with E-state index in [-0.39, 0.29) is 18.6 Å².